The Morgan fingerprint density at radius 1 is 1.19 bits per heavy atom. The molecule has 1 heterocycles. The molecule has 5 heteroatoms. The van der Waals surface area contributed by atoms with E-state index in [2.05, 4.69) is 64.9 Å². The van der Waals surface area contributed by atoms with Crippen molar-refractivity contribution in [2.24, 2.45) is 0 Å². The molecule has 2 aromatic carbocycles. The Morgan fingerprint density at radius 3 is 2.86 bits per heavy atom. The third-order valence-electron chi connectivity index (χ3n) is 3.36. The van der Waals surface area contributed by atoms with Gasteiger partial charge in [0.1, 0.15) is 5.51 Å². The number of benzene rings is 2. The second-order valence-corrected chi connectivity index (χ2v) is 6.79. The quantitative estimate of drug-likeness (QED) is 0.694. The van der Waals surface area contributed by atoms with Crippen LogP contribution in [-0.2, 0) is 0 Å². The van der Waals surface area contributed by atoms with Crippen LogP contribution >= 0.6 is 23.1 Å². The highest BCUT2D eigenvalue weighted by Gasteiger charge is 2.14. The fourth-order valence-corrected chi connectivity index (χ4v) is 4.04. The Bertz CT molecular complexity index is 692. The van der Waals surface area contributed by atoms with E-state index in [1.165, 1.54) is 16.3 Å². The molecule has 3 nitrogen and oxygen atoms in total. The second-order valence-electron chi connectivity index (χ2n) is 4.69. The molecule has 0 aliphatic carbocycles. The summed E-state index contributed by atoms with van der Waals surface area (Å²) in [4.78, 5) is 0. The molecule has 21 heavy (non-hydrogen) atoms. The van der Waals surface area contributed by atoms with Crippen LogP contribution in [0.5, 0.6) is 0 Å². The van der Waals surface area contributed by atoms with E-state index in [0.29, 0.717) is 6.04 Å². The Kier molecular flexibility index (Phi) is 4.85. The van der Waals surface area contributed by atoms with Crippen molar-refractivity contribution >= 4 is 33.9 Å². The van der Waals surface area contributed by atoms with Crippen LogP contribution in [0.4, 0.5) is 0 Å². The van der Waals surface area contributed by atoms with Crippen molar-refractivity contribution in [3.63, 3.8) is 0 Å². The average molecular weight is 315 g/mol. The van der Waals surface area contributed by atoms with Gasteiger partial charge in [-0.05, 0) is 22.9 Å². The van der Waals surface area contributed by atoms with Crippen molar-refractivity contribution in [2.45, 2.75) is 17.3 Å². The average Bonchev–Trinajstić information content (AvgIpc) is 3.04. The summed E-state index contributed by atoms with van der Waals surface area (Å²) in [5, 5.41) is 14.2. The molecular weight excluding hydrogens is 298 g/mol. The lowest BCUT2D eigenvalue weighted by molar-refractivity contribution is 0.609. The lowest BCUT2D eigenvalue weighted by Gasteiger charge is -2.19. The van der Waals surface area contributed by atoms with Crippen LogP contribution in [0.3, 0.4) is 0 Å². The third kappa shape index (κ3) is 3.43. The van der Waals surface area contributed by atoms with Gasteiger partial charge in [-0.25, -0.2) is 0 Å². The van der Waals surface area contributed by atoms with Gasteiger partial charge in [0.25, 0.3) is 0 Å². The van der Waals surface area contributed by atoms with E-state index in [1.54, 1.807) is 28.6 Å². The van der Waals surface area contributed by atoms with Gasteiger partial charge in [-0.1, -0.05) is 72.5 Å². The zero-order valence-corrected chi connectivity index (χ0v) is 13.5. The van der Waals surface area contributed by atoms with Crippen molar-refractivity contribution in [3.05, 3.63) is 53.5 Å². The highest BCUT2D eigenvalue weighted by atomic mass is 32.2. The molecule has 0 aliphatic heterocycles. The molecule has 0 bridgehead atoms. The molecule has 1 unspecified atom stereocenters. The first kappa shape index (κ1) is 14.5. The molecule has 0 radical (unpaired) electrons. The summed E-state index contributed by atoms with van der Waals surface area (Å²) in [6, 6.07) is 15.4. The SMILES string of the molecule is CCNC(CSc1nncs1)c1cccc2ccccc12. The van der Waals surface area contributed by atoms with Crippen LogP contribution < -0.4 is 5.32 Å². The second kappa shape index (κ2) is 7.02. The van der Waals surface area contributed by atoms with Crippen LogP contribution in [0, 0.1) is 0 Å². The van der Waals surface area contributed by atoms with Gasteiger partial charge in [-0.15, -0.1) is 10.2 Å². The van der Waals surface area contributed by atoms with Gasteiger partial charge in [0.2, 0.25) is 0 Å². The standard InChI is InChI=1S/C16H17N3S2/c1-2-17-15(10-20-16-19-18-11-21-16)14-9-5-7-12-6-3-4-8-13(12)14/h3-9,11,15,17H,2,10H2,1H3. The molecule has 3 aromatic rings. The molecule has 0 saturated heterocycles. The van der Waals surface area contributed by atoms with Crippen LogP contribution in [0.1, 0.15) is 18.5 Å². The third-order valence-corrected chi connectivity index (χ3v) is 5.32. The molecule has 3 rings (SSSR count). The Balaban J connectivity index is 1.88. The van der Waals surface area contributed by atoms with E-state index in [4.69, 9.17) is 0 Å². The first-order valence-electron chi connectivity index (χ1n) is 6.98. The molecule has 1 atom stereocenters. The molecule has 1 aromatic heterocycles. The summed E-state index contributed by atoms with van der Waals surface area (Å²) in [5.74, 6) is 0.955. The monoisotopic (exact) mass is 315 g/mol. The zero-order valence-electron chi connectivity index (χ0n) is 11.8. The number of hydrogen-bond donors (Lipinski definition) is 1. The van der Waals surface area contributed by atoms with E-state index in [0.717, 1.165) is 16.6 Å². The van der Waals surface area contributed by atoms with E-state index < -0.39 is 0 Å². The van der Waals surface area contributed by atoms with Crippen molar-refractivity contribution in [2.75, 3.05) is 12.3 Å². The number of fused-ring (bicyclic) bond motifs is 1. The van der Waals surface area contributed by atoms with Crippen molar-refractivity contribution < 1.29 is 0 Å². The largest absolute Gasteiger partial charge is 0.309 e. The molecule has 0 saturated carbocycles. The molecule has 0 amide bonds. The minimum atomic E-state index is 0.315. The topological polar surface area (TPSA) is 37.8 Å². The van der Waals surface area contributed by atoms with Gasteiger partial charge in [0.15, 0.2) is 4.34 Å². The lowest BCUT2D eigenvalue weighted by Crippen LogP contribution is -2.23. The fourth-order valence-electron chi connectivity index (χ4n) is 2.44. The van der Waals surface area contributed by atoms with Crippen LogP contribution in [0.2, 0.25) is 0 Å². The molecular formula is C16H17N3S2. The molecule has 0 aliphatic rings. The summed E-state index contributed by atoms with van der Waals surface area (Å²) >= 11 is 3.36. The first-order chi connectivity index (χ1) is 10.4. The van der Waals surface area contributed by atoms with Crippen molar-refractivity contribution in [1.29, 1.82) is 0 Å². The Morgan fingerprint density at radius 2 is 2.05 bits per heavy atom. The maximum Gasteiger partial charge on any atom is 0.174 e. The smallest absolute Gasteiger partial charge is 0.174 e. The number of aromatic nitrogens is 2. The Hall–Kier alpha value is -1.43. The van der Waals surface area contributed by atoms with Crippen LogP contribution in [0.25, 0.3) is 10.8 Å². The van der Waals surface area contributed by atoms with Gasteiger partial charge in [0.05, 0.1) is 0 Å². The maximum atomic E-state index is 4.11. The minimum absolute atomic E-state index is 0.315. The van der Waals surface area contributed by atoms with Crippen LogP contribution in [-0.4, -0.2) is 22.5 Å². The number of thioether (sulfide) groups is 1. The summed E-state index contributed by atoms with van der Waals surface area (Å²) in [6.07, 6.45) is 0. The Labute approximate surface area is 132 Å². The van der Waals surface area contributed by atoms with Gasteiger partial charge in [0, 0.05) is 11.8 Å². The van der Waals surface area contributed by atoms with Gasteiger partial charge >= 0.3 is 0 Å². The molecule has 108 valence electrons. The first-order valence-corrected chi connectivity index (χ1v) is 8.85. The highest BCUT2D eigenvalue weighted by molar-refractivity contribution is 8.01. The summed E-state index contributed by atoms with van der Waals surface area (Å²) < 4.78 is 1.03. The molecule has 1 N–H and O–H groups in total. The number of nitrogens with zero attached hydrogens (tertiary/aromatic N) is 2. The normalized spacial score (nSPS) is 12.6. The predicted octanol–water partition coefficient (Wildman–Crippen LogP) is 4.13. The van der Waals surface area contributed by atoms with Gasteiger partial charge in [-0.3, -0.25) is 0 Å². The number of nitrogens with one attached hydrogen (secondary N) is 1. The van der Waals surface area contributed by atoms with Crippen molar-refractivity contribution in [3.8, 4) is 0 Å². The van der Waals surface area contributed by atoms with E-state index in [1.807, 2.05) is 0 Å². The minimum Gasteiger partial charge on any atom is -0.309 e. The molecule has 0 fully saturated rings. The van der Waals surface area contributed by atoms with Gasteiger partial charge < -0.3 is 5.32 Å². The number of hydrogen-bond acceptors (Lipinski definition) is 5. The molecule has 0 spiro atoms. The predicted molar refractivity (Wildman–Crippen MR) is 91.0 cm³/mol. The maximum absolute atomic E-state index is 4.11. The van der Waals surface area contributed by atoms with Crippen LogP contribution in [0.15, 0.2) is 52.3 Å². The van der Waals surface area contributed by atoms with Crippen molar-refractivity contribution in [1.82, 2.24) is 15.5 Å². The van der Waals surface area contributed by atoms with Gasteiger partial charge in [-0.2, -0.15) is 0 Å². The summed E-state index contributed by atoms with van der Waals surface area (Å²) in [5.41, 5.74) is 3.13. The summed E-state index contributed by atoms with van der Waals surface area (Å²) in [6.45, 7) is 3.10. The van der Waals surface area contributed by atoms with E-state index >= 15 is 0 Å². The zero-order chi connectivity index (χ0) is 14.5. The van der Waals surface area contributed by atoms with E-state index in [9.17, 15) is 0 Å². The number of rotatable bonds is 6. The lowest BCUT2D eigenvalue weighted by atomic mass is 9.99. The fraction of sp³-hybridized carbons (Fsp3) is 0.250. The highest BCUT2D eigenvalue weighted by Crippen LogP contribution is 2.29. The summed E-state index contributed by atoms with van der Waals surface area (Å²) in [7, 11) is 0. The van der Waals surface area contributed by atoms with E-state index in [-0.39, 0.29) is 0 Å².